The molecule has 0 aromatic heterocycles. The minimum atomic E-state index is -2.87. The summed E-state index contributed by atoms with van der Waals surface area (Å²) in [7, 11) is -2.87. The molecule has 1 aliphatic rings. The van der Waals surface area contributed by atoms with Crippen LogP contribution in [0.5, 0.6) is 0 Å². The van der Waals surface area contributed by atoms with E-state index in [9.17, 15) is 8.42 Å². The molecule has 3 unspecified atom stereocenters. The molecule has 1 saturated carbocycles. The van der Waals surface area contributed by atoms with E-state index < -0.39 is 9.84 Å². The van der Waals surface area contributed by atoms with Crippen molar-refractivity contribution in [1.82, 2.24) is 0 Å². The highest BCUT2D eigenvalue weighted by atomic mass is 32.2. The van der Waals surface area contributed by atoms with E-state index in [0.717, 1.165) is 25.2 Å². The van der Waals surface area contributed by atoms with Crippen LogP contribution in [0.2, 0.25) is 0 Å². The third-order valence-electron chi connectivity index (χ3n) is 3.43. The number of nitriles is 1. The predicted molar refractivity (Wildman–Crippen MR) is 72.7 cm³/mol. The van der Waals surface area contributed by atoms with Crippen molar-refractivity contribution in [2.24, 2.45) is 11.8 Å². The van der Waals surface area contributed by atoms with Crippen molar-refractivity contribution in [1.29, 1.82) is 5.26 Å². The third kappa shape index (κ3) is 5.31. The number of nitrogens with zero attached hydrogens (tertiary/aromatic N) is 1. The lowest BCUT2D eigenvalue weighted by molar-refractivity contribution is 0.317. The van der Waals surface area contributed by atoms with Crippen molar-refractivity contribution in [3.05, 3.63) is 0 Å². The Morgan fingerprint density at radius 2 is 2.12 bits per heavy atom. The summed E-state index contributed by atoms with van der Waals surface area (Å²) in [5.41, 5.74) is 0. The molecule has 17 heavy (non-hydrogen) atoms. The van der Waals surface area contributed by atoms with Crippen LogP contribution in [-0.4, -0.2) is 31.4 Å². The van der Waals surface area contributed by atoms with Crippen LogP contribution >= 0.6 is 11.8 Å². The summed E-state index contributed by atoms with van der Waals surface area (Å²) in [6, 6.07) is 2.38. The molecule has 0 heterocycles. The Balaban J connectivity index is 2.45. The average Bonchev–Trinajstić information content (AvgIpc) is 2.27. The van der Waals surface area contributed by atoms with Crippen molar-refractivity contribution >= 4 is 21.6 Å². The van der Waals surface area contributed by atoms with E-state index in [2.05, 4.69) is 13.0 Å². The van der Waals surface area contributed by atoms with Gasteiger partial charge >= 0.3 is 0 Å². The largest absolute Gasteiger partial charge is 0.229 e. The first kappa shape index (κ1) is 14.8. The van der Waals surface area contributed by atoms with Gasteiger partial charge in [0, 0.05) is 17.3 Å². The molecule has 1 aliphatic carbocycles. The van der Waals surface area contributed by atoms with Gasteiger partial charge in [-0.15, -0.1) is 0 Å². The lowest BCUT2D eigenvalue weighted by Gasteiger charge is -2.31. The van der Waals surface area contributed by atoms with Crippen molar-refractivity contribution in [2.75, 3.05) is 17.8 Å². The first-order valence-corrected chi connectivity index (χ1v) is 9.26. The second-order valence-corrected chi connectivity index (χ2v) is 8.47. The number of hydrogen-bond donors (Lipinski definition) is 0. The summed E-state index contributed by atoms with van der Waals surface area (Å²) < 4.78 is 22.1. The lowest BCUT2D eigenvalue weighted by atomic mass is 9.81. The topological polar surface area (TPSA) is 57.9 Å². The second kappa shape index (κ2) is 6.65. The molecule has 5 heteroatoms. The molecule has 0 spiro atoms. The Morgan fingerprint density at radius 3 is 2.65 bits per heavy atom. The summed E-state index contributed by atoms with van der Waals surface area (Å²) in [6.07, 6.45) is 5.64. The van der Waals surface area contributed by atoms with Crippen LogP contribution in [0.1, 0.15) is 32.6 Å². The Labute approximate surface area is 109 Å². The summed E-state index contributed by atoms with van der Waals surface area (Å²) >= 11 is 1.67. The fraction of sp³-hybridized carbons (Fsp3) is 0.917. The summed E-state index contributed by atoms with van der Waals surface area (Å²) in [5, 5.41) is 9.43. The molecule has 3 nitrogen and oxygen atoms in total. The smallest absolute Gasteiger partial charge is 0.148 e. The average molecular weight is 275 g/mol. The molecule has 0 radical (unpaired) electrons. The molecule has 0 aromatic carbocycles. The quantitative estimate of drug-likeness (QED) is 0.773. The van der Waals surface area contributed by atoms with E-state index in [1.165, 1.54) is 12.7 Å². The van der Waals surface area contributed by atoms with Crippen LogP contribution in [0.25, 0.3) is 0 Å². The Morgan fingerprint density at radius 1 is 1.41 bits per heavy atom. The molecule has 0 bridgehead atoms. The molecule has 0 aromatic rings. The predicted octanol–water partition coefficient (Wildman–Crippen LogP) is 2.48. The Kier molecular flexibility index (Phi) is 5.81. The first-order valence-electron chi connectivity index (χ1n) is 6.15. The standard InChI is InChI=1S/C12H21NO2S2/c1-3-10-4-5-11(9-13)12(8-10)16-6-7-17(2,14)15/h10-12H,3-8H2,1-2H3. The van der Waals surface area contributed by atoms with E-state index in [4.69, 9.17) is 5.26 Å². The first-order chi connectivity index (χ1) is 7.96. The van der Waals surface area contributed by atoms with E-state index in [1.54, 1.807) is 11.8 Å². The van der Waals surface area contributed by atoms with E-state index in [1.807, 2.05) is 0 Å². The highest BCUT2D eigenvalue weighted by molar-refractivity contribution is 8.01. The molecule has 0 aliphatic heterocycles. The van der Waals surface area contributed by atoms with Crippen molar-refractivity contribution < 1.29 is 8.42 Å². The molecular weight excluding hydrogens is 254 g/mol. The normalized spacial score (nSPS) is 29.8. The van der Waals surface area contributed by atoms with Gasteiger partial charge in [0.1, 0.15) is 9.84 Å². The zero-order valence-corrected chi connectivity index (χ0v) is 12.2. The number of hydrogen-bond acceptors (Lipinski definition) is 4. The van der Waals surface area contributed by atoms with Crippen LogP contribution in [0.3, 0.4) is 0 Å². The van der Waals surface area contributed by atoms with Crippen molar-refractivity contribution in [3.63, 3.8) is 0 Å². The van der Waals surface area contributed by atoms with Crippen LogP contribution in [0.4, 0.5) is 0 Å². The number of sulfone groups is 1. The Hall–Kier alpha value is -0.210. The maximum Gasteiger partial charge on any atom is 0.148 e. The van der Waals surface area contributed by atoms with Gasteiger partial charge in [-0.1, -0.05) is 13.3 Å². The van der Waals surface area contributed by atoms with Gasteiger partial charge in [0.25, 0.3) is 0 Å². The van der Waals surface area contributed by atoms with Crippen molar-refractivity contribution in [3.8, 4) is 6.07 Å². The van der Waals surface area contributed by atoms with Crippen molar-refractivity contribution in [2.45, 2.75) is 37.9 Å². The monoisotopic (exact) mass is 275 g/mol. The minimum absolute atomic E-state index is 0.113. The highest BCUT2D eigenvalue weighted by Crippen LogP contribution is 2.37. The van der Waals surface area contributed by atoms with Crippen LogP contribution in [0.15, 0.2) is 0 Å². The Bertz CT molecular complexity index is 372. The van der Waals surface area contributed by atoms with E-state index in [-0.39, 0.29) is 11.7 Å². The SMILES string of the molecule is CCC1CCC(C#N)C(SCCS(C)(=O)=O)C1. The van der Waals surface area contributed by atoms with Crippen LogP contribution in [-0.2, 0) is 9.84 Å². The maximum atomic E-state index is 11.1. The molecule has 1 fully saturated rings. The summed E-state index contributed by atoms with van der Waals surface area (Å²) in [6.45, 7) is 2.19. The molecule has 0 amide bonds. The van der Waals surface area contributed by atoms with Gasteiger partial charge in [-0.2, -0.15) is 17.0 Å². The van der Waals surface area contributed by atoms with Gasteiger partial charge in [-0.05, 0) is 25.2 Å². The molecule has 3 atom stereocenters. The van der Waals surface area contributed by atoms with E-state index >= 15 is 0 Å². The summed E-state index contributed by atoms with van der Waals surface area (Å²) in [5.74, 6) is 1.68. The molecule has 1 rings (SSSR count). The third-order valence-corrected chi connectivity index (χ3v) is 6.02. The zero-order valence-electron chi connectivity index (χ0n) is 10.6. The van der Waals surface area contributed by atoms with Crippen LogP contribution < -0.4 is 0 Å². The highest BCUT2D eigenvalue weighted by Gasteiger charge is 2.30. The van der Waals surface area contributed by atoms with Gasteiger partial charge < -0.3 is 0 Å². The molecular formula is C12H21NO2S2. The van der Waals surface area contributed by atoms with Gasteiger partial charge in [0.15, 0.2) is 0 Å². The number of rotatable bonds is 5. The van der Waals surface area contributed by atoms with Gasteiger partial charge in [0.2, 0.25) is 0 Å². The zero-order chi connectivity index (χ0) is 12.9. The maximum absolute atomic E-state index is 11.1. The van der Waals surface area contributed by atoms with E-state index in [0.29, 0.717) is 11.0 Å². The number of thioether (sulfide) groups is 1. The fourth-order valence-corrected chi connectivity index (χ4v) is 5.00. The lowest BCUT2D eigenvalue weighted by Crippen LogP contribution is -2.27. The minimum Gasteiger partial charge on any atom is -0.229 e. The van der Waals surface area contributed by atoms with Crippen LogP contribution in [0, 0.1) is 23.2 Å². The molecule has 0 saturated heterocycles. The molecule has 0 N–H and O–H groups in total. The van der Waals surface area contributed by atoms with Gasteiger partial charge in [-0.25, -0.2) is 8.42 Å². The molecule has 98 valence electrons. The second-order valence-electron chi connectivity index (χ2n) is 4.86. The summed E-state index contributed by atoms with van der Waals surface area (Å²) in [4.78, 5) is 0. The van der Waals surface area contributed by atoms with Gasteiger partial charge in [-0.3, -0.25) is 0 Å². The van der Waals surface area contributed by atoms with Gasteiger partial charge in [0.05, 0.1) is 17.7 Å². The fourth-order valence-electron chi connectivity index (χ4n) is 2.27.